The summed E-state index contributed by atoms with van der Waals surface area (Å²) in [5.41, 5.74) is 2.55. The number of allylic oxidation sites excluding steroid dienone is 1. The smallest absolute Gasteiger partial charge is 0.343 e. The number of ether oxygens (including phenoxy) is 1. The third-order valence-electron chi connectivity index (χ3n) is 3.01. The predicted molar refractivity (Wildman–Crippen MR) is 75.2 cm³/mol. The van der Waals surface area contributed by atoms with Gasteiger partial charge in [0.15, 0.2) is 0 Å². The molecule has 106 valence electrons. The van der Waals surface area contributed by atoms with Crippen molar-refractivity contribution in [3.8, 4) is 0 Å². The molecule has 3 rings (SSSR count). The van der Waals surface area contributed by atoms with Crippen molar-refractivity contribution in [3.05, 3.63) is 65.8 Å². The van der Waals surface area contributed by atoms with Crippen LogP contribution in [0.15, 0.2) is 54.6 Å². The number of hydrogen-bond acceptors (Lipinski definition) is 4. The summed E-state index contributed by atoms with van der Waals surface area (Å²) in [4.78, 5) is 31.7. The molecule has 21 heavy (non-hydrogen) atoms. The lowest BCUT2D eigenvalue weighted by molar-refractivity contribution is -0.150. The monoisotopic (exact) mass is 284 g/mol. The number of aliphatic carboxylic acids is 1. The second kappa shape index (κ2) is 6.00. The molecule has 1 aromatic rings. The van der Waals surface area contributed by atoms with E-state index in [0.29, 0.717) is 5.57 Å². The van der Waals surface area contributed by atoms with Crippen LogP contribution in [0.5, 0.6) is 0 Å². The standard InChI is InChI=1S/C13H8O3.C3H4O2/c14-12-7-11(13(15)16-12)10-6-5-8-3-1-2-4-9(8)10;1-2-3(4)5/h1-7,10H;2H,1H2,(H,4,5). The summed E-state index contributed by atoms with van der Waals surface area (Å²) in [7, 11) is 0. The second-order valence-corrected chi connectivity index (χ2v) is 4.32. The molecule has 2 aliphatic rings. The Balaban J connectivity index is 0.000000282. The molecule has 0 spiro atoms. The zero-order valence-corrected chi connectivity index (χ0v) is 11.0. The summed E-state index contributed by atoms with van der Waals surface area (Å²) in [6.45, 7) is 2.96. The predicted octanol–water partition coefficient (Wildman–Crippen LogP) is 2.06. The van der Waals surface area contributed by atoms with E-state index in [9.17, 15) is 14.4 Å². The van der Waals surface area contributed by atoms with Crippen molar-refractivity contribution in [1.82, 2.24) is 0 Å². The highest BCUT2D eigenvalue weighted by molar-refractivity contribution is 6.10. The molecule has 1 N–H and O–H groups in total. The molecule has 0 bridgehead atoms. The first-order valence-corrected chi connectivity index (χ1v) is 6.13. The minimum atomic E-state index is -0.981. The lowest BCUT2D eigenvalue weighted by atomic mass is 9.93. The molecule has 0 amide bonds. The van der Waals surface area contributed by atoms with E-state index in [0.717, 1.165) is 17.2 Å². The number of carbonyl (C=O) groups is 3. The van der Waals surface area contributed by atoms with Gasteiger partial charge in [-0.1, -0.05) is 43.0 Å². The zero-order valence-electron chi connectivity index (χ0n) is 11.0. The van der Waals surface area contributed by atoms with Gasteiger partial charge in [-0.2, -0.15) is 0 Å². The van der Waals surface area contributed by atoms with Gasteiger partial charge in [-0.05, 0) is 11.1 Å². The molecular formula is C16H12O5. The Labute approximate surface area is 120 Å². The Morgan fingerprint density at radius 3 is 2.52 bits per heavy atom. The minimum Gasteiger partial charge on any atom is -0.478 e. The maximum atomic E-state index is 11.4. The Bertz CT molecular complexity index is 682. The van der Waals surface area contributed by atoms with E-state index in [1.54, 1.807) is 0 Å². The van der Waals surface area contributed by atoms with Crippen LogP contribution in [0, 0.1) is 0 Å². The van der Waals surface area contributed by atoms with Crippen molar-refractivity contribution < 1.29 is 24.2 Å². The number of esters is 2. The lowest BCUT2D eigenvalue weighted by Crippen LogP contribution is -2.07. The first-order valence-electron chi connectivity index (χ1n) is 6.13. The number of carboxylic acid groups (broad SMARTS) is 1. The first-order chi connectivity index (χ1) is 10.0. The van der Waals surface area contributed by atoms with Crippen LogP contribution in [0.25, 0.3) is 6.08 Å². The van der Waals surface area contributed by atoms with Crippen LogP contribution < -0.4 is 0 Å². The van der Waals surface area contributed by atoms with Gasteiger partial charge in [-0.3, -0.25) is 0 Å². The molecule has 0 fully saturated rings. The molecular weight excluding hydrogens is 272 g/mol. The fraction of sp³-hybridized carbons (Fsp3) is 0.0625. The quantitative estimate of drug-likeness (QED) is 0.511. The third kappa shape index (κ3) is 3.14. The van der Waals surface area contributed by atoms with E-state index in [4.69, 9.17) is 5.11 Å². The average molecular weight is 284 g/mol. The van der Waals surface area contributed by atoms with Gasteiger partial charge >= 0.3 is 17.9 Å². The molecule has 5 heteroatoms. The normalized spacial score (nSPS) is 18.3. The number of rotatable bonds is 2. The molecule has 0 aromatic heterocycles. The summed E-state index contributed by atoms with van der Waals surface area (Å²) < 4.78 is 4.50. The van der Waals surface area contributed by atoms with Crippen LogP contribution in [0.1, 0.15) is 17.0 Å². The van der Waals surface area contributed by atoms with Crippen LogP contribution >= 0.6 is 0 Å². The zero-order chi connectivity index (χ0) is 15.4. The van der Waals surface area contributed by atoms with Crippen molar-refractivity contribution in [2.45, 2.75) is 5.92 Å². The topological polar surface area (TPSA) is 80.7 Å². The number of fused-ring (bicyclic) bond motifs is 1. The van der Waals surface area contributed by atoms with Gasteiger partial charge < -0.3 is 9.84 Å². The van der Waals surface area contributed by atoms with E-state index >= 15 is 0 Å². The van der Waals surface area contributed by atoms with Gasteiger partial charge in [0.05, 0.1) is 5.57 Å². The fourth-order valence-corrected chi connectivity index (χ4v) is 2.10. The Morgan fingerprint density at radius 2 is 1.95 bits per heavy atom. The lowest BCUT2D eigenvalue weighted by Gasteiger charge is -2.09. The van der Waals surface area contributed by atoms with Gasteiger partial charge in [0.25, 0.3) is 0 Å². The van der Waals surface area contributed by atoms with E-state index < -0.39 is 17.9 Å². The molecule has 1 aliphatic carbocycles. The van der Waals surface area contributed by atoms with Crippen LogP contribution in [0.4, 0.5) is 0 Å². The van der Waals surface area contributed by atoms with Crippen molar-refractivity contribution in [1.29, 1.82) is 0 Å². The number of hydrogen-bond donors (Lipinski definition) is 1. The molecule has 5 nitrogen and oxygen atoms in total. The number of carbonyl (C=O) groups excluding carboxylic acids is 2. The largest absolute Gasteiger partial charge is 0.478 e. The van der Waals surface area contributed by atoms with Crippen LogP contribution in [-0.2, 0) is 19.1 Å². The van der Waals surface area contributed by atoms with E-state index in [2.05, 4.69) is 11.3 Å². The summed E-state index contributed by atoms with van der Waals surface area (Å²) in [5, 5.41) is 7.60. The van der Waals surface area contributed by atoms with Crippen molar-refractivity contribution >= 4 is 24.0 Å². The highest BCUT2D eigenvalue weighted by Gasteiger charge is 2.32. The van der Waals surface area contributed by atoms with E-state index in [-0.39, 0.29) is 5.92 Å². The molecule has 1 atom stereocenters. The Kier molecular flexibility index (Phi) is 4.13. The van der Waals surface area contributed by atoms with Gasteiger partial charge in [0.2, 0.25) is 0 Å². The molecule has 1 unspecified atom stereocenters. The first kappa shape index (κ1) is 14.5. The summed E-state index contributed by atoms with van der Waals surface area (Å²) in [6.07, 6.45) is 5.98. The van der Waals surface area contributed by atoms with Crippen molar-refractivity contribution in [2.24, 2.45) is 0 Å². The number of cyclic esters (lactones) is 2. The van der Waals surface area contributed by atoms with Gasteiger partial charge in [0, 0.05) is 18.1 Å². The summed E-state index contributed by atoms with van der Waals surface area (Å²) >= 11 is 0. The number of benzene rings is 1. The Morgan fingerprint density at radius 1 is 1.29 bits per heavy atom. The third-order valence-corrected chi connectivity index (χ3v) is 3.01. The Hall–Kier alpha value is -2.95. The number of carboxylic acids is 1. The average Bonchev–Trinajstić information content (AvgIpc) is 3.02. The highest BCUT2D eigenvalue weighted by atomic mass is 16.6. The SMILES string of the molecule is C=CC(=O)O.O=C1C=C(C2C=Cc3ccccc32)C(=O)O1. The van der Waals surface area contributed by atoms with Crippen LogP contribution in [0.3, 0.4) is 0 Å². The van der Waals surface area contributed by atoms with Gasteiger partial charge in [-0.15, -0.1) is 0 Å². The van der Waals surface area contributed by atoms with Crippen LogP contribution in [-0.4, -0.2) is 23.0 Å². The van der Waals surface area contributed by atoms with Crippen LogP contribution in [0.2, 0.25) is 0 Å². The molecule has 0 saturated heterocycles. The maximum absolute atomic E-state index is 11.4. The van der Waals surface area contributed by atoms with E-state index in [1.165, 1.54) is 6.08 Å². The molecule has 1 aliphatic heterocycles. The minimum absolute atomic E-state index is 0.143. The summed E-state index contributed by atoms with van der Waals surface area (Å²) in [5.74, 6) is -2.23. The highest BCUT2D eigenvalue weighted by Crippen LogP contribution is 2.37. The van der Waals surface area contributed by atoms with Gasteiger partial charge in [-0.25, -0.2) is 14.4 Å². The van der Waals surface area contributed by atoms with Crippen molar-refractivity contribution in [2.75, 3.05) is 0 Å². The summed E-state index contributed by atoms with van der Waals surface area (Å²) in [6, 6.07) is 7.80. The molecule has 0 saturated carbocycles. The molecule has 0 radical (unpaired) electrons. The molecule has 1 aromatic carbocycles. The molecule has 1 heterocycles. The fourth-order valence-electron chi connectivity index (χ4n) is 2.10. The van der Waals surface area contributed by atoms with Gasteiger partial charge in [0.1, 0.15) is 0 Å². The second-order valence-electron chi connectivity index (χ2n) is 4.32. The van der Waals surface area contributed by atoms with Crippen molar-refractivity contribution in [3.63, 3.8) is 0 Å². The van der Waals surface area contributed by atoms with E-state index in [1.807, 2.05) is 36.4 Å². The maximum Gasteiger partial charge on any atom is 0.343 e.